The molecule has 0 spiro atoms. The van der Waals surface area contributed by atoms with Crippen molar-refractivity contribution in [3.63, 3.8) is 0 Å². The lowest BCUT2D eigenvalue weighted by Crippen LogP contribution is -2.34. The molecule has 0 saturated carbocycles. The zero-order chi connectivity index (χ0) is 34.4. The summed E-state index contributed by atoms with van der Waals surface area (Å²) in [6.07, 6.45) is 4.78. The van der Waals surface area contributed by atoms with Gasteiger partial charge in [0.05, 0.1) is 18.6 Å². The fourth-order valence-corrected chi connectivity index (χ4v) is 9.51. The molecule has 7 aromatic rings. The maximum atomic E-state index is 9.70. The molecule has 2 N–H and O–H groups in total. The molecule has 2 aromatic heterocycles. The first kappa shape index (κ1) is 31.7. The first-order valence-corrected chi connectivity index (χ1v) is 18.9. The van der Waals surface area contributed by atoms with Gasteiger partial charge in [-0.05, 0) is 127 Å². The molecule has 5 aromatic carbocycles. The zero-order valence-electron chi connectivity index (χ0n) is 27.7. The van der Waals surface area contributed by atoms with Crippen LogP contribution in [0.25, 0.3) is 50.1 Å². The Morgan fingerprint density at radius 2 is 1.18 bits per heavy atom. The lowest BCUT2D eigenvalue weighted by Gasteiger charge is -2.41. The summed E-state index contributed by atoms with van der Waals surface area (Å²) in [6, 6.07) is 42.9. The molecule has 0 fully saturated rings. The van der Waals surface area contributed by atoms with Crippen molar-refractivity contribution in [1.82, 2.24) is 0 Å². The second kappa shape index (κ2) is 13.1. The van der Waals surface area contributed by atoms with Crippen LogP contribution in [0.15, 0.2) is 138 Å². The highest BCUT2D eigenvalue weighted by molar-refractivity contribution is 7.17. The number of ether oxygens (including phenoxy) is 2. The van der Waals surface area contributed by atoms with Crippen LogP contribution in [0, 0.1) is 0 Å². The third-order valence-corrected chi connectivity index (χ3v) is 11.7. The van der Waals surface area contributed by atoms with Crippen LogP contribution in [-0.4, -0.2) is 36.6 Å². The van der Waals surface area contributed by atoms with Gasteiger partial charge in [-0.25, -0.2) is 0 Å². The fourth-order valence-electron chi connectivity index (χ4n) is 7.81. The number of thiophene rings is 2. The summed E-state index contributed by atoms with van der Waals surface area (Å²) in [6.45, 7) is 0.280. The molecule has 2 aliphatic carbocycles. The van der Waals surface area contributed by atoms with Gasteiger partial charge in [-0.3, -0.25) is 0 Å². The van der Waals surface area contributed by atoms with Crippen LogP contribution in [0.4, 0.5) is 0 Å². The third-order valence-electron chi connectivity index (χ3n) is 9.98. The van der Waals surface area contributed by atoms with E-state index >= 15 is 0 Å². The van der Waals surface area contributed by atoms with Crippen LogP contribution in [0.3, 0.4) is 0 Å². The number of aliphatic hydroxyl groups excluding tert-OH is 2. The van der Waals surface area contributed by atoms with E-state index in [9.17, 15) is 10.2 Å². The van der Waals surface area contributed by atoms with Gasteiger partial charge < -0.3 is 19.7 Å². The molecule has 250 valence electrons. The molecule has 9 rings (SSSR count). The van der Waals surface area contributed by atoms with Gasteiger partial charge in [-0.1, -0.05) is 72.8 Å². The van der Waals surface area contributed by atoms with Crippen molar-refractivity contribution in [2.24, 2.45) is 0 Å². The van der Waals surface area contributed by atoms with Crippen LogP contribution >= 0.6 is 22.7 Å². The number of aliphatic hydroxyl groups is 2. The molecule has 2 heterocycles. The normalized spacial score (nSPS) is 14.0. The number of rotatable bonds is 10. The Kier molecular flexibility index (Phi) is 8.17. The van der Waals surface area contributed by atoms with Gasteiger partial charge in [0, 0.05) is 20.7 Å². The van der Waals surface area contributed by atoms with E-state index in [-0.39, 0.29) is 26.4 Å². The van der Waals surface area contributed by atoms with E-state index in [2.05, 4.69) is 108 Å². The van der Waals surface area contributed by atoms with E-state index in [4.69, 9.17) is 9.47 Å². The minimum atomic E-state index is -0.704. The van der Waals surface area contributed by atoms with Gasteiger partial charge in [0.2, 0.25) is 0 Å². The summed E-state index contributed by atoms with van der Waals surface area (Å²) in [5.41, 5.74) is 11.7. The maximum Gasteiger partial charge on any atom is 0.127 e. The number of fused-ring (bicyclic) bond motifs is 5. The molecule has 0 radical (unpaired) electrons. The van der Waals surface area contributed by atoms with Gasteiger partial charge in [-0.15, -0.1) is 22.7 Å². The predicted octanol–water partition coefficient (Wildman–Crippen LogP) is 10.3. The number of allylic oxidation sites excluding steroid dienone is 2. The number of hydrogen-bond acceptors (Lipinski definition) is 6. The molecular formula is C45H34O4S2. The van der Waals surface area contributed by atoms with Gasteiger partial charge in [0.25, 0.3) is 0 Å². The minimum absolute atomic E-state index is 0.0676. The number of hydrogen-bond donors (Lipinski definition) is 2. The highest BCUT2D eigenvalue weighted by Crippen LogP contribution is 2.60. The second-order valence-electron chi connectivity index (χ2n) is 12.8. The van der Waals surface area contributed by atoms with Crippen molar-refractivity contribution in [2.45, 2.75) is 5.41 Å². The Morgan fingerprint density at radius 3 is 1.78 bits per heavy atom. The Morgan fingerprint density at radius 1 is 0.569 bits per heavy atom. The van der Waals surface area contributed by atoms with Crippen LogP contribution < -0.4 is 9.47 Å². The standard InChI is InChI=1S/C45H34O4S2/c46-17-19-48-41-13-11-33(26-36(41)29-7-3-1-4-8-29)45(34-12-14-42(49-20-18-47)37(27-34)30-9-5-2-6-10-30)39-16-22-51-44(39)28-38-35-23-31-15-21-50-43(31)25-32(35)24-40(38)45/h1-16,21-28,46-47H,17-20H2. The molecule has 0 atom stereocenters. The van der Waals surface area contributed by atoms with E-state index in [1.54, 1.807) is 22.7 Å². The Bertz CT molecular complexity index is 2360. The second-order valence-corrected chi connectivity index (χ2v) is 14.7. The van der Waals surface area contributed by atoms with Gasteiger partial charge in [0.15, 0.2) is 0 Å². The molecule has 4 nitrogen and oxygen atoms in total. The first-order chi connectivity index (χ1) is 25.2. The monoisotopic (exact) mass is 702 g/mol. The maximum absolute atomic E-state index is 9.70. The van der Waals surface area contributed by atoms with E-state index in [0.29, 0.717) is 0 Å². The average Bonchev–Trinajstić information content (AvgIpc) is 3.94. The molecule has 0 aliphatic heterocycles. The number of benzene rings is 5. The van der Waals surface area contributed by atoms with Crippen LogP contribution in [0.5, 0.6) is 11.5 Å². The SMILES string of the molecule is OCCOc1ccc(C2(c3ccc(OCCO)c(-c4ccccc4)c3)C3=Cc4cc5sccc5cc4C3=Cc3sccc32)cc1-c1ccccc1. The highest BCUT2D eigenvalue weighted by Gasteiger charge is 2.48. The Labute approximate surface area is 304 Å². The Balaban J connectivity index is 1.36. The topological polar surface area (TPSA) is 58.9 Å². The van der Waals surface area contributed by atoms with Crippen molar-refractivity contribution in [1.29, 1.82) is 0 Å². The highest BCUT2D eigenvalue weighted by atomic mass is 32.1. The quantitative estimate of drug-likeness (QED) is 0.149. The molecule has 0 unspecified atom stereocenters. The average molecular weight is 703 g/mol. The van der Waals surface area contributed by atoms with E-state index < -0.39 is 5.41 Å². The molecule has 6 heteroatoms. The van der Waals surface area contributed by atoms with Gasteiger partial charge >= 0.3 is 0 Å². The summed E-state index contributed by atoms with van der Waals surface area (Å²) in [4.78, 5) is 1.23. The summed E-state index contributed by atoms with van der Waals surface area (Å²) < 4.78 is 13.6. The van der Waals surface area contributed by atoms with Crippen LogP contribution in [-0.2, 0) is 5.41 Å². The summed E-state index contributed by atoms with van der Waals surface area (Å²) >= 11 is 3.54. The van der Waals surface area contributed by atoms with Crippen molar-refractivity contribution < 1.29 is 19.7 Å². The van der Waals surface area contributed by atoms with Gasteiger partial charge in [0.1, 0.15) is 24.7 Å². The van der Waals surface area contributed by atoms with E-state index in [0.717, 1.165) is 44.9 Å². The molecule has 0 saturated heterocycles. The summed E-state index contributed by atoms with van der Waals surface area (Å²) in [5.74, 6) is 1.46. The summed E-state index contributed by atoms with van der Waals surface area (Å²) in [5, 5.41) is 25.0. The molecule has 51 heavy (non-hydrogen) atoms. The molecule has 0 bridgehead atoms. The van der Waals surface area contributed by atoms with Crippen molar-refractivity contribution in [3.8, 4) is 33.8 Å². The molecule has 2 aliphatic rings. The van der Waals surface area contributed by atoms with E-state index in [1.807, 2.05) is 36.4 Å². The van der Waals surface area contributed by atoms with Crippen molar-refractivity contribution in [3.05, 3.63) is 170 Å². The zero-order valence-corrected chi connectivity index (χ0v) is 29.3. The third kappa shape index (κ3) is 5.26. The van der Waals surface area contributed by atoms with Crippen molar-refractivity contribution in [2.75, 3.05) is 26.4 Å². The van der Waals surface area contributed by atoms with Gasteiger partial charge in [-0.2, -0.15) is 0 Å². The van der Waals surface area contributed by atoms with E-state index in [1.165, 1.54) is 42.8 Å². The van der Waals surface area contributed by atoms with Crippen LogP contribution in [0.2, 0.25) is 0 Å². The lowest BCUT2D eigenvalue weighted by molar-refractivity contribution is 0.202. The van der Waals surface area contributed by atoms with Crippen LogP contribution in [0.1, 0.15) is 32.7 Å². The van der Waals surface area contributed by atoms with Crippen molar-refractivity contribution >= 4 is 50.5 Å². The largest absolute Gasteiger partial charge is 0.491 e. The smallest absolute Gasteiger partial charge is 0.127 e. The molecular weight excluding hydrogens is 669 g/mol. The lowest BCUT2D eigenvalue weighted by atomic mass is 9.60. The minimum Gasteiger partial charge on any atom is -0.491 e. The summed E-state index contributed by atoms with van der Waals surface area (Å²) in [7, 11) is 0. The Hall–Kier alpha value is -5.24. The fraction of sp³-hybridized carbons (Fsp3) is 0.111. The predicted molar refractivity (Wildman–Crippen MR) is 211 cm³/mol. The molecule has 0 amide bonds. The first-order valence-electron chi connectivity index (χ1n) is 17.1.